The van der Waals surface area contributed by atoms with Crippen molar-refractivity contribution in [3.05, 3.63) is 35.9 Å². The molecule has 0 aliphatic carbocycles. The van der Waals surface area contributed by atoms with Crippen molar-refractivity contribution in [3.8, 4) is 0 Å². The third-order valence-electron chi connectivity index (χ3n) is 3.26. The van der Waals surface area contributed by atoms with Crippen molar-refractivity contribution in [2.24, 2.45) is 0 Å². The van der Waals surface area contributed by atoms with Crippen LogP contribution in [0.3, 0.4) is 0 Å². The van der Waals surface area contributed by atoms with E-state index in [0.29, 0.717) is 31.9 Å². The molecule has 2 amide bonds. The summed E-state index contributed by atoms with van der Waals surface area (Å²) in [6, 6.07) is 8.66. The highest BCUT2D eigenvalue weighted by Crippen LogP contribution is 2.14. The van der Waals surface area contributed by atoms with Gasteiger partial charge in [0.1, 0.15) is 0 Å². The average Bonchev–Trinajstić information content (AvgIpc) is 2.49. The van der Waals surface area contributed by atoms with E-state index in [1.54, 1.807) is 29.2 Å². The van der Waals surface area contributed by atoms with Crippen LogP contribution in [0.5, 0.6) is 0 Å². The van der Waals surface area contributed by atoms with Gasteiger partial charge in [0.15, 0.2) is 0 Å². The summed E-state index contributed by atoms with van der Waals surface area (Å²) in [6.45, 7) is 2.20. The van der Waals surface area contributed by atoms with Gasteiger partial charge < -0.3 is 20.1 Å². The number of carbonyl (C=O) groups excluding carboxylic acids is 1. The van der Waals surface area contributed by atoms with Gasteiger partial charge in [-0.3, -0.25) is 4.79 Å². The number of hydrogen-bond acceptors (Lipinski definition) is 3. The summed E-state index contributed by atoms with van der Waals surface area (Å²) in [4.78, 5) is 24.9. The van der Waals surface area contributed by atoms with Gasteiger partial charge in [0, 0.05) is 19.6 Å². The first-order chi connectivity index (χ1) is 9.68. The van der Waals surface area contributed by atoms with Gasteiger partial charge in [0.2, 0.25) is 0 Å². The molecule has 1 unspecified atom stereocenters. The standard InChI is InChI=1S/C14H18N2O4/c17-13(18)12(11-4-2-1-3-5-11)10-15-14(19)16-6-8-20-9-7-16/h1-5,12H,6-10H2,(H,15,19)(H,17,18). The molecule has 0 saturated carbocycles. The number of amides is 2. The van der Waals surface area contributed by atoms with Crippen LogP contribution in [0, 0.1) is 0 Å². The molecule has 1 aromatic rings. The fourth-order valence-electron chi connectivity index (χ4n) is 2.10. The Kier molecular flexibility index (Phi) is 4.95. The van der Waals surface area contributed by atoms with E-state index in [1.165, 1.54) is 0 Å². The van der Waals surface area contributed by atoms with Gasteiger partial charge in [0.25, 0.3) is 0 Å². The molecule has 108 valence electrons. The highest BCUT2D eigenvalue weighted by molar-refractivity contribution is 5.79. The van der Waals surface area contributed by atoms with Crippen molar-refractivity contribution in [1.82, 2.24) is 10.2 Å². The summed E-state index contributed by atoms with van der Waals surface area (Å²) in [5, 5.41) is 11.9. The van der Waals surface area contributed by atoms with E-state index in [0.717, 1.165) is 0 Å². The van der Waals surface area contributed by atoms with Gasteiger partial charge in [-0.1, -0.05) is 30.3 Å². The number of nitrogens with zero attached hydrogens (tertiary/aromatic N) is 1. The predicted octanol–water partition coefficient (Wildman–Crippen LogP) is 0.897. The summed E-state index contributed by atoms with van der Waals surface area (Å²) in [5.74, 6) is -1.68. The van der Waals surface area contributed by atoms with E-state index in [1.807, 2.05) is 6.07 Å². The average molecular weight is 278 g/mol. The Balaban J connectivity index is 1.92. The second kappa shape index (κ2) is 6.91. The van der Waals surface area contributed by atoms with Gasteiger partial charge in [0.05, 0.1) is 19.1 Å². The van der Waals surface area contributed by atoms with Crippen molar-refractivity contribution in [1.29, 1.82) is 0 Å². The first-order valence-electron chi connectivity index (χ1n) is 6.57. The number of carboxylic acids is 1. The lowest BCUT2D eigenvalue weighted by molar-refractivity contribution is -0.138. The number of morpholine rings is 1. The minimum Gasteiger partial charge on any atom is -0.481 e. The molecule has 1 fully saturated rings. The van der Waals surface area contributed by atoms with Crippen LogP contribution in [0.2, 0.25) is 0 Å². The Morgan fingerprint density at radius 3 is 2.50 bits per heavy atom. The smallest absolute Gasteiger partial charge is 0.317 e. The summed E-state index contributed by atoms with van der Waals surface area (Å²) in [5.41, 5.74) is 0.683. The van der Waals surface area contributed by atoms with Crippen molar-refractivity contribution in [2.45, 2.75) is 5.92 Å². The molecule has 6 nitrogen and oxygen atoms in total. The quantitative estimate of drug-likeness (QED) is 0.857. The molecule has 0 radical (unpaired) electrons. The molecule has 0 spiro atoms. The Morgan fingerprint density at radius 1 is 1.25 bits per heavy atom. The van der Waals surface area contributed by atoms with Crippen molar-refractivity contribution < 1.29 is 19.4 Å². The Labute approximate surface area is 117 Å². The van der Waals surface area contributed by atoms with E-state index < -0.39 is 11.9 Å². The molecule has 1 atom stereocenters. The van der Waals surface area contributed by atoms with Gasteiger partial charge in [-0.25, -0.2) is 4.79 Å². The maximum Gasteiger partial charge on any atom is 0.317 e. The zero-order valence-electron chi connectivity index (χ0n) is 11.1. The molecule has 6 heteroatoms. The molecule has 0 bridgehead atoms. The number of carboxylic acid groups (broad SMARTS) is 1. The van der Waals surface area contributed by atoms with Crippen LogP contribution in [-0.4, -0.2) is 54.9 Å². The highest BCUT2D eigenvalue weighted by Gasteiger charge is 2.22. The summed E-state index contributed by atoms with van der Waals surface area (Å²) < 4.78 is 5.17. The Morgan fingerprint density at radius 2 is 1.90 bits per heavy atom. The first-order valence-corrected chi connectivity index (χ1v) is 6.57. The van der Waals surface area contributed by atoms with Crippen LogP contribution in [0.25, 0.3) is 0 Å². The largest absolute Gasteiger partial charge is 0.481 e. The minimum atomic E-state index is -0.946. The Hall–Kier alpha value is -2.08. The number of aliphatic carboxylic acids is 1. The lowest BCUT2D eigenvalue weighted by Crippen LogP contribution is -2.47. The number of rotatable bonds is 4. The van der Waals surface area contributed by atoms with Crippen LogP contribution in [-0.2, 0) is 9.53 Å². The van der Waals surface area contributed by atoms with E-state index in [4.69, 9.17) is 4.74 Å². The van der Waals surface area contributed by atoms with Crippen LogP contribution in [0.15, 0.2) is 30.3 Å². The van der Waals surface area contributed by atoms with E-state index >= 15 is 0 Å². The lowest BCUT2D eigenvalue weighted by atomic mass is 9.99. The van der Waals surface area contributed by atoms with Crippen molar-refractivity contribution in [2.75, 3.05) is 32.8 Å². The van der Waals surface area contributed by atoms with Crippen LogP contribution in [0.1, 0.15) is 11.5 Å². The Bertz CT molecular complexity index is 458. The van der Waals surface area contributed by atoms with Crippen LogP contribution >= 0.6 is 0 Å². The summed E-state index contributed by atoms with van der Waals surface area (Å²) >= 11 is 0. The zero-order chi connectivity index (χ0) is 14.4. The van der Waals surface area contributed by atoms with Crippen LogP contribution < -0.4 is 5.32 Å². The molecule has 1 saturated heterocycles. The second-order valence-corrected chi connectivity index (χ2v) is 4.59. The summed E-state index contributed by atoms with van der Waals surface area (Å²) in [6.07, 6.45) is 0. The molecular formula is C14H18N2O4. The second-order valence-electron chi connectivity index (χ2n) is 4.59. The van der Waals surface area contributed by atoms with Crippen molar-refractivity contribution in [3.63, 3.8) is 0 Å². The number of hydrogen-bond donors (Lipinski definition) is 2. The predicted molar refractivity (Wildman–Crippen MR) is 72.6 cm³/mol. The first kappa shape index (κ1) is 14.3. The van der Waals surface area contributed by atoms with Gasteiger partial charge in [-0.2, -0.15) is 0 Å². The number of nitrogens with one attached hydrogen (secondary N) is 1. The molecule has 1 aliphatic rings. The van der Waals surface area contributed by atoms with Gasteiger partial charge in [-0.05, 0) is 5.56 Å². The molecule has 1 aliphatic heterocycles. The van der Waals surface area contributed by atoms with Crippen molar-refractivity contribution >= 4 is 12.0 Å². The van der Waals surface area contributed by atoms with Gasteiger partial charge >= 0.3 is 12.0 Å². The molecule has 2 rings (SSSR count). The molecular weight excluding hydrogens is 260 g/mol. The number of ether oxygens (including phenoxy) is 1. The minimum absolute atomic E-state index is 0.0789. The van der Waals surface area contributed by atoms with Gasteiger partial charge in [-0.15, -0.1) is 0 Å². The number of benzene rings is 1. The normalized spacial score (nSPS) is 16.5. The van der Waals surface area contributed by atoms with E-state index in [9.17, 15) is 14.7 Å². The fourth-order valence-corrected chi connectivity index (χ4v) is 2.10. The third-order valence-corrected chi connectivity index (χ3v) is 3.26. The monoisotopic (exact) mass is 278 g/mol. The highest BCUT2D eigenvalue weighted by atomic mass is 16.5. The molecule has 1 heterocycles. The molecule has 2 N–H and O–H groups in total. The van der Waals surface area contributed by atoms with Crippen LogP contribution in [0.4, 0.5) is 4.79 Å². The topological polar surface area (TPSA) is 78.9 Å². The third kappa shape index (κ3) is 3.71. The summed E-state index contributed by atoms with van der Waals surface area (Å²) in [7, 11) is 0. The molecule has 0 aromatic heterocycles. The molecule has 1 aromatic carbocycles. The van der Waals surface area contributed by atoms with E-state index in [-0.39, 0.29) is 12.6 Å². The SMILES string of the molecule is O=C(O)C(CNC(=O)N1CCOCC1)c1ccccc1. The number of carbonyl (C=O) groups is 2. The fraction of sp³-hybridized carbons (Fsp3) is 0.429. The zero-order valence-corrected chi connectivity index (χ0v) is 11.1. The molecule has 20 heavy (non-hydrogen) atoms. The van der Waals surface area contributed by atoms with E-state index in [2.05, 4.69) is 5.32 Å². The lowest BCUT2D eigenvalue weighted by Gasteiger charge is -2.27. The maximum absolute atomic E-state index is 11.9. The number of urea groups is 1. The maximum atomic E-state index is 11.9.